The Bertz CT molecular complexity index is 848. The number of methoxy groups -OCH3 is 1. The number of carboxylic acids is 1. The van der Waals surface area contributed by atoms with E-state index < -0.39 is 24.0 Å². The maximum Gasteiger partial charge on any atom is 0.372 e. The molecule has 7 heteroatoms. The molecule has 0 fully saturated rings. The molecular weight excluding hydrogens is 386 g/mol. The summed E-state index contributed by atoms with van der Waals surface area (Å²) < 4.78 is 11.1. The van der Waals surface area contributed by atoms with Crippen LogP contribution in [0.1, 0.15) is 41.3 Å². The van der Waals surface area contributed by atoms with Gasteiger partial charge in [-0.25, -0.2) is 4.79 Å². The Balaban J connectivity index is 0.00000141. The average Bonchev–Trinajstić information content (AvgIpc) is 2.73. The van der Waals surface area contributed by atoms with Crippen LogP contribution in [0.3, 0.4) is 0 Å². The fourth-order valence-corrected chi connectivity index (χ4v) is 2.62. The second kappa shape index (κ2) is 13.1. The van der Waals surface area contributed by atoms with E-state index in [9.17, 15) is 14.4 Å². The van der Waals surface area contributed by atoms with Gasteiger partial charge in [0.2, 0.25) is 5.78 Å². The number of carbonyl (C=O) groups excluding carboxylic acids is 2. The molecule has 2 aromatic rings. The Labute approximate surface area is 177 Å². The molecule has 0 bridgehead atoms. The molecule has 0 aliphatic heterocycles. The second-order valence-electron chi connectivity index (χ2n) is 6.51. The van der Waals surface area contributed by atoms with Crippen molar-refractivity contribution in [2.24, 2.45) is 0 Å². The van der Waals surface area contributed by atoms with Crippen molar-refractivity contribution in [1.29, 1.82) is 0 Å². The molecule has 0 spiro atoms. The van der Waals surface area contributed by atoms with Crippen LogP contribution in [0, 0.1) is 0 Å². The van der Waals surface area contributed by atoms with Gasteiger partial charge in [-0.15, -0.1) is 0 Å². The summed E-state index contributed by atoms with van der Waals surface area (Å²) in [5.74, 6) is -2.79. The van der Waals surface area contributed by atoms with E-state index >= 15 is 0 Å². The van der Waals surface area contributed by atoms with Crippen LogP contribution >= 0.6 is 0 Å². The Morgan fingerprint density at radius 2 is 1.67 bits per heavy atom. The number of ether oxygens (including phenoxy) is 2. The molecule has 0 unspecified atom stereocenters. The van der Waals surface area contributed by atoms with Crippen LogP contribution in [-0.4, -0.2) is 50.5 Å². The molecule has 0 aliphatic carbocycles. The number of aliphatic carboxylic acids is 1. The normalized spacial score (nSPS) is 9.87. The third-order valence-corrected chi connectivity index (χ3v) is 3.90. The predicted molar refractivity (Wildman–Crippen MR) is 115 cm³/mol. The Morgan fingerprint density at radius 1 is 1.03 bits per heavy atom. The molecule has 0 saturated carbocycles. The first-order valence-electron chi connectivity index (χ1n) is 9.63. The minimum atomic E-state index is -1.63. The van der Waals surface area contributed by atoms with E-state index in [2.05, 4.69) is 5.32 Å². The van der Waals surface area contributed by atoms with Crippen LogP contribution < -0.4 is 14.8 Å². The van der Waals surface area contributed by atoms with Gasteiger partial charge in [-0.05, 0) is 50.2 Å². The highest BCUT2D eigenvalue weighted by molar-refractivity contribution is 6.37. The van der Waals surface area contributed by atoms with Gasteiger partial charge >= 0.3 is 5.97 Å². The Hall–Kier alpha value is -3.19. The summed E-state index contributed by atoms with van der Waals surface area (Å²) in [5.41, 5.74) is 2.00. The van der Waals surface area contributed by atoms with Crippen LogP contribution in [0.4, 0.5) is 0 Å². The monoisotopic (exact) mass is 415 g/mol. The number of rotatable bonds is 10. The van der Waals surface area contributed by atoms with E-state index in [1.807, 2.05) is 51.4 Å². The number of ketones is 2. The molecule has 0 atom stereocenters. The molecule has 0 heterocycles. The molecule has 2 aromatic carbocycles. The van der Waals surface area contributed by atoms with Gasteiger partial charge in [-0.1, -0.05) is 37.3 Å². The Kier molecular flexibility index (Phi) is 10.9. The number of carboxylic acid groups (broad SMARTS) is 1. The molecule has 7 nitrogen and oxygen atoms in total. The molecule has 2 N–H and O–H groups in total. The summed E-state index contributed by atoms with van der Waals surface area (Å²) in [4.78, 5) is 34.9. The summed E-state index contributed by atoms with van der Waals surface area (Å²) in [6.07, 6.45) is 0.546. The van der Waals surface area contributed by atoms with Crippen LogP contribution in [0.2, 0.25) is 0 Å². The smallest absolute Gasteiger partial charge is 0.372 e. The zero-order valence-corrected chi connectivity index (χ0v) is 17.9. The third-order valence-electron chi connectivity index (χ3n) is 3.90. The quantitative estimate of drug-likeness (QED) is 0.349. The second-order valence-corrected chi connectivity index (χ2v) is 6.51. The van der Waals surface area contributed by atoms with E-state index in [-0.39, 0.29) is 11.3 Å². The predicted octanol–water partition coefficient (Wildman–Crippen LogP) is 3.14. The van der Waals surface area contributed by atoms with E-state index in [4.69, 9.17) is 14.6 Å². The fraction of sp³-hybridized carbons (Fsp3) is 0.348. The summed E-state index contributed by atoms with van der Waals surface area (Å²) in [6.45, 7) is 2.28. The first-order valence-corrected chi connectivity index (χ1v) is 9.63. The van der Waals surface area contributed by atoms with Gasteiger partial charge in [0, 0.05) is 0 Å². The highest BCUT2D eigenvalue weighted by atomic mass is 16.5. The lowest BCUT2D eigenvalue weighted by Gasteiger charge is -2.16. The summed E-state index contributed by atoms with van der Waals surface area (Å²) >= 11 is 0. The number of hydrogen-bond acceptors (Lipinski definition) is 6. The first kappa shape index (κ1) is 24.8. The van der Waals surface area contributed by atoms with E-state index in [0.29, 0.717) is 18.8 Å². The fourth-order valence-electron chi connectivity index (χ4n) is 2.62. The lowest BCUT2D eigenvalue weighted by molar-refractivity contribution is -0.148. The van der Waals surface area contributed by atoms with Gasteiger partial charge in [0.05, 0.1) is 25.7 Å². The van der Waals surface area contributed by atoms with Crippen LogP contribution in [0.5, 0.6) is 11.5 Å². The molecule has 0 aromatic heterocycles. The van der Waals surface area contributed by atoms with Crippen molar-refractivity contribution in [3.63, 3.8) is 0 Å². The molecule has 0 radical (unpaired) electrons. The van der Waals surface area contributed by atoms with Gasteiger partial charge in [-0.3, -0.25) is 9.59 Å². The molecule has 2 rings (SSSR count). The molecule has 30 heavy (non-hydrogen) atoms. The Morgan fingerprint density at radius 3 is 2.20 bits per heavy atom. The van der Waals surface area contributed by atoms with Crippen molar-refractivity contribution in [2.75, 3.05) is 27.8 Å². The van der Waals surface area contributed by atoms with Crippen molar-refractivity contribution >= 4 is 17.5 Å². The largest absolute Gasteiger partial charge is 0.493 e. The number of hydrogen-bond donors (Lipinski definition) is 2. The van der Waals surface area contributed by atoms with Crippen LogP contribution in [0.15, 0.2) is 42.5 Å². The minimum absolute atomic E-state index is 0.156. The third kappa shape index (κ3) is 7.67. The van der Waals surface area contributed by atoms with E-state index in [0.717, 1.165) is 17.5 Å². The van der Waals surface area contributed by atoms with E-state index in [1.165, 1.54) is 7.11 Å². The van der Waals surface area contributed by atoms with Crippen molar-refractivity contribution in [3.05, 3.63) is 59.2 Å². The summed E-state index contributed by atoms with van der Waals surface area (Å²) in [5, 5.41) is 11.5. The van der Waals surface area contributed by atoms with Crippen molar-refractivity contribution < 1.29 is 29.0 Å². The molecule has 0 aliphatic rings. The lowest BCUT2D eigenvalue weighted by Crippen LogP contribution is -2.18. The van der Waals surface area contributed by atoms with Crippen molar-refractivity contribution in [3.8, 4) is 11.5 Å². The molecule has 0 amide bonds. The van der Waals surface area contributed by atoms with Gasteiger partial charge < -0.3 is 19.9 Å². The summed E-state index contributed by atoms with van der Waals surface area (Å²) in [6, 6.07) is 13.1. The average molecular weight is 415 g/mol. The molecular formula is C23H29NO6. The standard InChI is InChI=1S/C21H22O6.C2H7N/c1-3-9-27-20-16(17(22)13-18(23)21(24)25)11-15(12-19(20)26-2)10-14-7-5-4-6-8-14;1-3-2/h4-8,11-12H,3,9-10,13H2,1-2H3,(H,24,25);3H,1-2H3. The zero-order chi connectivity index (χ0) is 22.5. The highest BCUT2D eigenvalue weighted by Crippen LogP contribution is 2.34. The van der Waals surface area contributed by atoms with Crippen molar-refractivity contribution in [1.82, 2.24) is 5.32 Å². The van der Waals surface area contributed by atoms with Crippen molar-refractivity contribution in [2.45, 2.75) is 26.2 Å². The number of carbonyl (C=O) groups is 3. The SMILES string of the molecule is CCCOc1c(OC)cc(Cc2ccccc2)cc1C(=O)CC(=O)C(=O)O.CNC. The van der Waals surface area contributed by atoms with Gasteiger partial charge in [0.15, 0.2) is 17.3 Å². The van der Waals surface area contributed by atoms with E-state index in [1.54, 1.807) is 12.1 Å². The zero-order valence-electron chi connectivity index (χ0n) is 17.9. The van der Waals surface area contributed by atoms with Gasteiger partial charge in [0.25, 0.3) is 0 Å². The summed E-state index contributed by atoms with van der Waals surface area (Å²) in [7, 11) is 5.22. The number of benzene rings is 2. The van der Waals surface area contributed by atoms with Crippen LogP contribution in [-0.2, 0) is 16.0 Å². The lowest BCUT2D eigenvalue weighted by atomic mass is 9.97. The number of nitrogens with one attached hydrogen (secondary N) is 1. The maximum absolute atomic E-state index is 12.6. The topological polar surface area (TPSA) is 102 Å². The maximum atomic E-state index is 12.6. The van der Waals surface area contributed by atoms with Crippen LogP contribution in [0.25, 0.3) is 0 Å². The molecule has 0 saturated heterocycles. The first-order chi connectivity index (χ1) is 14.4. The van der Waals surface area contributed by atoms with Gasteiger partial charge in [-0.2, -0.15) is 0 Å². The highest BCUT2D eigenvalue weighted by Gasteiger charge is 2.24. The van der Waals surface area contributed by atoms with Gasteiger partial charge in [0.1, 0.15) is 0 Å². The minimum Gasteiger partial charge on any atom is -0.493 e. The molecule has 162 valence electrons. The number of Topliss-reactive ketones (excluding diaryl/α,β-unsaturated/α-hetero) is 2.